The lowest BCUT2D eigenvalue weighted by atomic mass is 9.84. The number of ether oxygens (including phenoxy) is 3. The molecular weight excluding hydrogens is 416 g/mol. The van der Waals surface area contributed by atoms with E-state index < -0.39 is 0 Å². The summed E-state index contributed by atoms with van der Waals surface area (Å²) < 4.78 is 19.4. The summed E-state index contributed by atoms with van der Waals surface area (Å²) >= 11 is 0. The Morgan fingerprint density at radius 3 is 2.52 bits per heavy atom. The number of aromatic nitrogens is 3. The molecule has 1 N–H and O–H groups in total. The number of hydrogen-bond acceptors (Lipinski definition) is 6. The summed E-state index contributed by atoms with van der Waals surface area (Å²) in [7, 11) is 3.34. The van der Waals surface area contributed by atoms with Crippen molar-refractivity contribution in [1.82, 2.24) is 14.8 Å². The lowest BCUT2D eigenvalue weighted by molar-refractivity contribution is 0.223. The molecule has 0 aliphatic carbocycles. The number of methoxy groups -OCH3 is 2. The van der Waals surface area contributed by atoms with Gasteiger partial charge in [0.2, 0.25) is 5.95 Å². The van der Waals surface area contributed by atoms with Crippen molar-refractivity contribution < 1.29 is 14.2 Å². The predicted octanol–water partition coefficient (Wildman–Crippen LogP) is 4.86. The van der Waals surface area contributed by atoms with E-state index in [4.69, 9.17) is 14.2 Å². The van der Waals surface area contributed by atoms with Gasteiger partial charge in [0, 0.05) is 11.1 Å². The molecule has 164 valence electrons. The van der Waals surface area contributed by atoms with E-state index in [2.05, 4.69) is 27.5 Å². The third kappa shape index (κ3) is 3.12. The zero-order valence-corrected chi connectivity index (χ0v) is 18.2. The van der Waals surface area contributed by atoms with Gasteiger partial charge >= 0.3 is 0 Å². The standard InChI is InChI=1S/C26H22N4O3/c1-31-18-12-10-16(11-13-18)25-22-23(20-8-3-4-9-21(20)33-25)29-26-27-15-28-30(26)24(22)17-6-5-7-19(14-17)32-2/h3-15,24-25H,1-2H3,(H,27,28,29)/t24-,25-/m1/s1. The third-order valence-electron chi connectivity index (χ3n) is 6.15. The molecule has 0 unspecified atom stereocenters. The molecule has 0 saturated carbocycles. The first-order chi connectivity index (χ1) is 16.3. The van der Waals surface area contributed by atoms with Gasteiger partial charge in [-0.05, 0) is 47.5 Å². The summed E-state index contributed by atoms with van der Waals surface area (Å²) in [4.78, 5) is 4.48. The van der Waals surface area contributed by atoms with Crippen molar-refractivity contribution in [3.05, 3.63) is 101 Å². The van der Waals surface area contributed by atoms with Gasteiger partial charge in [-0.25, -0.2) is 4.68 Å². The molecule has 0 amide bonds. The smallest absolute Gasteiger partial charge is 0.226 e. The first-order valence-corrected chi connectivity index (χ1v) is 10.7. The molecule has 2 aliphatic rings. The van der Waals surface area contributed by atoms with E-state index in [-0.39, 0.29) is 12.1 Å². The highest BCUT2D eigenvalue weighted by Crippen LogP contribution is 2.50. The van der Waals surface area contributed by atoms with Crippen LogP contribution < -0.4 is 19.5 Å². The zero-order chi connectivity index (χ0) is 22.4. The lowest BCUT2D eigenvalue weighted by Gasteiger charge is -2.39. The Morgan fingerprint density at radius 2 is 1.70 bits per heavy atom. The fourth-order valence-corrected chi connectivity index (χ4v) is 4.60. The monoisotopic (exact) mass is 438 g/mol. The van der Waals surface area contributed by atoms with Crippen LogP contribution in [-0.2, 0) is 0 Å². The van der Waals surface area contributed by atoms with Crippen LogP contribution in [0.25, 0.3) is 5.70 Å². The maximum absolute atomic E-state index is 6.63. The van der Waals surface area contributed by atoms with Gasteiger partial charge in [0.1, 0.15) is 35.7 Å². The van der Waals surface area contributed by atoms with E-state index in [0.29, 0.717) is 5.95 Å². The van der Waals surface area contributed by atoms with Gasteiger partial charge in [0.25, 0.3) is 0 Å². The van der Waals surface area contributed by atoms with E-state index in [9.17, 15) is 0 Å². The number of hydrogen-bond donors (Lipinski definition) is 1. The Hall–Kier alpha value is -4.26. The summed E-state index contributed by atoms with van der Waals surface area (Å²) in [5.74, 6) is 3.09. The van der Waals surface area contributed by atoms with Gasteiger partial charge < -0.3 is 19.5 Å². The first-order valence-electron chi connectivity index (χ1n) is 10.7. The van der Waals surface area contributed by atoms with E-state index in [1.807, 2.05) is 65.3 Å². The van der Waals surface area contributed by atoms with Crippen molar-refractivity contribution in [2.24, 2.45) is 0 Å². The molecule has 3 aromatic carbocycles. The number of anilines is 1. The lowest BCUT2D eigenvalue weighted by Crippen LogP contribution is -2.32. The van der Waals surface area contributed by atoms with E-state index in [0.717, 1.165) is 45.2 Å². The molecule has 0 bridgehead atoms. The fraction of sp³-hybridized carbons (Fsp3) is 0.154. The van der Waals surface area contributed by atoms with Crippen LogP contribution in [0.2, 0.25) is 0 Å². The molecule has 0 spiro atoms. The highest BCUT2D eigenvalue weighted by atomic mass is 16.5. The molecule has 6 rings (SSSR count). The van der Waals surface area contributed by atoms with Gasteiger partial charge in [-0.2, -0.15) is 10.1 Å². The molecule has 3 heterocycles. The van der Waals surface area contributed by atoms with Crippen molar-refractivity contribution in [3.63, 3.8) is 0 Å². The van der Waals surface area contributed by atoms with Gasteiger partial charge in [0.05, 0.1) is 19.9 Å². The van der Waals surface area contributed by atoms with Crippen LogP contribution in [0, 0.1) is 0 Å². The molecule has 0 fully saturated rings. The third-order valence-corrected chi connectivity index (χ3v) is 6.15. The Morgan fingerprint density at radius 1 is 0.879 bits per heavy atom. The van der Waals surface area contributed by atoms with Gasteiger partial charge in [-0.1, -0.05) is 36.4 Å². The second kappa shape index (κ2) is 7.70. The average Bonchev–Trinajstić information content (AvgIpc) is 3.35. The maximum Gasteiger partial charge on any atom is 0.226 e. The number of benzene rings is 3. The molecule has 2 aliphatic heterocycles. The minimum absolute atomic E-state index is 0.227. The summed E-state index contributed by atoms with van der Waals surface area (Å²) in [5.41, 5.74) is 5.11. The highest BCUT2D eigenvalue weighted by Gasteiger charge is 2.40. The summed E-state index contributed by atoms with van der Waals surface area (Å²) in [6, 6.07) is 23.9. The number of fused-ring (bicyclic) bond motifs is 3. The minimum atomic E-state index is -0.332. The molecule has 1 aromatic heterocycles. The van der Waals surface area contributed by atoms with Gasteiger partial charge in [0.15, 0.2) is 0 Å². The number of nitrogens with zero attached hydrogens (tertiary/aromatic N) is 3. The molecule has 7 heteroatoms. The maximum atomic E-state index is 6.63. The van der Waals surface area contributed by atoms with Crippen molar-refractivity contribution in [2.45, 2.75) is 12.1 Å². The quantitative estimate of drug-likeness (QED) is 0.491. The SMILES string of the molecule is COc1ccc([C@H]2Oc3ccccc3C3=C2[C@@H](c2cccc(OC)c2)n2ncnc2N3)cc1. The van der Waals surface area contributed by atoms with Gasteiger partial charge in [-0.3, -0.25) is 0 Å². The highest BCUT2D eigenvalue weighted by molar-refractivity contribution is 5.85. The van der Waals surface area contributed by atoms with Crippen LogP contribution in [0.3, 0.4) is 0 Å². The zero-order valence-electron chi connectivity index (χ0n) is 18.2. The topological polar surface area (TPSA) is 70.4 Å². The van der Waals surface area contributed by atoms with Crippen molar-refractivity contribution in [2.75, 3.05) is 19.5 Å². The number of rotatable bonds is 4. The molecular formula is C26H22N4O3. The van der Waals surface area contributed by atoms with Gasteiger partial charge in [-0.15, -0.1) is 0 Å². The van der Waals surface area contributed by atoms with E-state index in [1.165, 1.54) is 0 Å². The Bertz CT molecular complexity index is 1360. The predicted molar refractivity (Wildman–Crippen MR) is 125 cm³/mol. The fourth-order valence-electron chi connectivity index (χ4n) is 4.60. The average molecular weight is 438 g/mol. The van der Waals surface area contributed by atoms with Crippen LogP contribution >= 0.6 is 0 Å². The van der Waals surface area contributed by atoms with Crippen LogP contribution in [0.5, 0.6) is 17.2 Å². The molecule has 0 saturated heterocycles. The Kier molecular flexibility index (Phi) is 4.54. The summed E-state index contributed by atoms with van der Waals surface area (Å²) in [6.07, 6.45) is 1.24. The normalized spacial score (nSPS) is 18.4. The van der Waals surface area contributed by atoms with Crippen LogP contribution in [-0.4, -0.2) is 29.0 Å². The van der Waals surface area contributed by atoms with Crippen molar-refractivity contribution in [1.29, 1.82) is 0 Å². The minimum Gasteiger partial charge on any atom is -0.497 e. The molecule has 0 radical (unpaired) electrons. The second-order valence-corrected chi connectivity index (χ2v) is 7.93. The number of nitrogens with one attached hydrogen (secondary N) is 1. The second-order valence-electron chi connectivity index (χ2n) is 7.93. The molecule has 7 nitrogen and oxygen atoms in total. The van der Waals surface area contributed by atoms with E-state index >= 15 is 0 Å². The molecule has 33 heavy (non-hydrogen) atoms. The summed E-state index contributed by atoms with van der Waals surface area (Å²) in [6.45, 7) is 0. The van der Waals surface area contributed by atoms with Crippen molar-refractivity contribution >= 4 is 11.6 Å². The Balaban J connectivity index is 1.60. The van der Waals surface area contributed by atoms with Crippen molar-refractivity contribution in [3.8, 4) is 17.2 Å². The molecule has 4 aromatic rings. The van der Waals surface area contributed by atoms with Crippen LogP contribution in [0.4, 0.5) is 5.95 Å². The molecule has 2 atom stereocenters. The largest absolute Gasteiger partial charge is 0.497 e. The number of para-hydroxylation sites is 1. The Labute approximate surface area is 191 Å². The van der Waals surface area contributed by atoms with E-state index in [1.54, 1.807) is 20.5 Å². The van der Waals surface area contributed by atoms with Crippen LogP contribution in [0.15, 0.2) is 84.7 Å². The first kappa shape index (κ1) is 19.4. The van der Waals surface area contributed by atoms with Crippen LogP contribution in [0.1, 0.15) is 28.8 Å². The summed E-state index contributed by atoms with van der Waals surface area (Å²) in [5, 5.41) is 8.08.